The molecule has 0 bridgehead atoms. The average molecular weight is 549 g/mol. The van der Waals surface area contributed by atoms with Gasteiger partial charge in [-0.1, -0.05) is 18.2 Å². The van der Waals surface area contributed by atoms with Gasteiger partial charge in [0.2, 0.25) is 5.88 Å². The summed E-state index contributed by atoms with van der Waals surface area (Å²) < 4.78 is 55.8. The van der Waals surface area contributed by atoms with Crippen molar-refractivity contribution in [1.82, 2.24) is 35.0 Å². The molecular weight excluding hydrogens is 528 g/mol. The summed E-state index contributed by atoms with van der Waals surface area (Å²) in [6, 6.07) is 9.80. The van der Waals surface area contributed by atoms with Crippen molar-refractivity contribution in [3.8, 4) is 5.88 Å². The van der Waals surface area contributed by atoms with Crippen molar-refractivity contribution >= 4 is 37.5 Å². The quantitative estimate of drug-likeness (QED) is 0.248. The maximum Gasteiger partial charge on any atom is 0.291 e. The molecule has 0 fully saturated rings. The predicted octanol–water partition coefficient (Wildman–Crippen LogP) is -0.633. The van der Waals surface area contributed by atoms with Crippen molar-refractivity contribution in [3.63, 3.8) is 0 Å². The van der Waals surface area contributed by atoms with E-state index in [9.17, 15) is 26.4 Å². The summed E-state index contributed by atoms with van der Waals surface area (Å²) in [5, 5.41) is 3.06. The van der Waals surface area contributed by atoms with Crippen molar-refractivity contribution in [1.29, 1.82) is 0 Å². The molecule has 0 spiro atoms. The zero-order chi connectivity index (χ0) is 26.6. The molecule has 0 saturated heterocycles. The molecule has 194 valence electrons. The van der Waals surface area contributed by atoms with Crippen molar-refractivity contribution < 1.29 is 31.2 Å². The van der Waals surface area contributed by atoms with Gasteiger partial charge in [-0.2, -0.15) is 0 Å². The molecule has 37 heavy (non-hydrogen) atoms. The van der Waals surface area contributed by atoms with E-state index in [1.54, 1.807) is 6.07 Å². The Morgan fingerprint density at radius 2 is 1.84 bits per heavy atom. The first-order chi connectivity index (χ1) is 17.6. The normalized spacial score (nSPS) is 15.4. The number of hydrazine groups is 2. The highest BCUT2D eigenvalue weighted by Gasteiger charge is 2.35. The number of benzene rings is 1. The van der Waals surface area contributed by atoms with Gasteiger partial charge < -0.3 is 10.1 Å². The number of anilines is 1. The summed E-state index contributed by atoms with van der Waals surface area (Å²) in [6.45, 7) is 0.967. The maximum absolute atomic E-state index is 13.1. The fraction of sp³-hybridized carbons (Fsp3) is 0.150. The van der Waals surface area contributed by atoms with Gasteiger partial charge in [-0.25, -0.2) is 31.8 Å². The van der Waals surface area contributed by atoms with E-state index in [4.69, 9.17) is 4.74 Å². The first-order valence-electron chi connectivity index (χ1n) is 10.4. The first-order valence-corrected chi connectivity index (χ1v) is 13.4. The first kappa shape index (κ1) is 25.9. The molecule has 1 unspecified atom stereocenters. The molecule has 4 N–H and O–H groups in total. The molecule has 2 aromatic heterocycles. The molecule has 0 aliphatic carbocycles. The number of aromatic nitrogens is 3. The predicted molar refractivity (Wildman–Crippen MR) is 126 cm³/mol. The number of ether oxygens (including phenoxy) is 1. The van der Waals surface area contributed by atoms with Crippen LogP contribution in [0.5, 0.6) is 5.88 Å². The molecular formula is C20H20N8O7S2. The summed E-state index contributed by atoms with van der Waals surface area (Å²) in [5.74, 6) is -1.68. The number of fused-ring (bicyclic) bond motifs is 1. The van der Waals surface area contributed by atoms with Crippen LogP contribution in [-0.2, 0) is 24.8 Å². The Balaban J connectivity index is 1.46. The standard InChI is InChI=1S/C20H20N8O7S2/c1-13-23-15-7-8-18(37(33,34)26-25-16(29)12-35-17-11-21-9-10-22-17)24-19(15)20(30)28(13)27-36(31,32)14-5-3-2-4-6-14/h2-11,13,23,26-27H,12H2,1H3,(H,25,29). The van der Waals surface area contributed by atoms with Gasteiger partial charge in [-0.05, 0) is 31.2 Å². The number of amides is 2. The molecule has 3 heterocycles. The van der Waals surface area contributed by atoms with Crippen LogP contribution in [0.1, 0.15) is 17.4 Å². The average Bonchev–Trinajstić information content (AvgIpc) is 2.89. The topological polar surface area (TPSA) is 202 Å². The van der Waals surface area contributed by atoms with E-state index in [1.165, 1.54) is 55.8 Å². The lowest BCUT2D eigenvalue weighted by molar-refractivity contribution is -0.123. The van der Waals surface area contributed by atoms with Gasteiger partial charge in [0.05, 0.1) is 16.8 Å². The molecule has 1 atom stereocenters. The molecule has 0 saturated carbocycles. The number of hydrogen-bond acceptors (Lipinski definition) is 11. The van der Waals surface area contributed by atoms with Gasteiger partial charge in [-0.3, -0.25) is 20.0 Å². The number of nitrogens with one attached hydrogen (secondary N) is 4. The highest BCUT2D eigenvalue weighted by Crippen LogP contribution is 2.25. The highest BCUT2D eigenvalue weighted by molar-refractivity contribution is 7.89. The number of rotatable bonds is 9. The fourth-order valence-corrected chi connectivity index (χ4v) is 5.00. The highest BCUT2D eigenvalue weighted by atomic mass is 32.2. The molecule has 4 rings (SSSR count). The van der Waals surface area contributed by atoms with Crippen molar-refractivity contribution in [2.45, 2.75) is 23.0 Å². The Labute approximate surface area is 211 Å². The molecule has 1 aliphatic rings. The van der Waals surface area contributed by atoms with Crippen molar-refractivity contribution in [3.05, 3.63) is 66.7 Å². The number of nitrogens with zero attached hydrogens (tertiary/aromatic N) is 4. The minimum Gasteiger partial charge on any atom is -0.466 e. The summed E-state index contributed by atoms with van der Waals surface area (Å²) in [4.78, 5) is 40.4. The Morgan fingerprint density at radius 1 is 1.08 bits per heavy atom. The van der Waals surface area contributed by atoms with E-state index in [-0.39, 0.29) is 22.2 Å². The van der Waals surface area contributed by atoms with Crippen LogP contribution in [0, 0.1) is 0 Å². The van der Waals surface area contributed by atoms with Crippen LogP contribution in [0.25, 0.3) is 0 Å². The molecule has 17 heteroatoms. The van der Waals surface area contributed by atoms with Crippen LogP contribution >= 0.6 is 0 Å². The van der Waals surface area contributed by atoms with Crippen LogP contribution in [0.4, 0.5) is 5.69 Å². The van der Waals surface area contributed by atoms with Crippen LogP contribution < -0.4 is 25.1 Å². The Bertz CT molecular complexity index is 1520. The van der Waals surface area contributed by atoms with E-state index in [1.807, 2.05) is 10.3 Å². The van der Waals surface area contributed by atoms with Crippen LogP contribution in [0.2, 0.25) is 0 Å². The number of hydrogen-bond donors (Lipinski definition) is 4. The summed E-state index contributed by atoms with van der Waals surface area (Å²) in [7, 11) is -8.54. The van der Waals surface area contributed by atoms with E-state index >= 15 is 0 Å². The van der Waals surface area contributed by atoms with E-state index in [0.717, 1.165) is 11.1 Å². The van der Waals surface area contributed by atoms with Crippen molar-refractivity contribution in [2.75, 3.05) is 11.9 Å². The summed E-state index contributed by atoms with van der Waals surface area (Å²) in [5.41, 5.74) is 1.79. The van der Waals surface area contributed by atoms with E-state index < -0.39 is 49.7 Å². The zero-order valence-electron chi connectivity index (χ0n) is 19.0. The van der Waals surface area contributed by atoms with E-state index in [0.29, 0.717) is 0 Å². The minimum atomic E-state index is -4.42. The number of carbonyl (C=O) groups excluding carboxylic acids is 2. The minimum absolute atomic E-state index is 0.0598. The second-order valence-electron chi connectivity index (χ2n) is 7.43. The van der Waals surface area contributed by atoms with Gasteiger partial charge >= 0.3 is 0 Å². The lowest BCUT2D eigenvalue weighted by Crippen LogP contribution is -2.56. The monoisotopic (exact) mass is 548 g/mol. The van der Waals surface area contributed by atoms with Gasteiger partial charge in [-0.15, -0.1) is 9.66 Å². The Kier molecular flexibility index (Phi) is 7.30. The SMILES string of the molecule is CC1Nc2ccc(S(=O)(=O)NNC(=O)COc3cnccn3)nc2C(=O)N1NS(=O)(=O)c1ccccc1. The maximum atomic E-state index is 13.1. The van der Waals surface area contributed by atoms with Crippen molar-refractivity contribution in [2.24, 2.45) is 0 Å². The Hall–Kier alpha value is -4.19. The van der Waals surface area contributed by atoms with Gasteiger partial charge in [0.15, 0.2) is 17.3 Å². The fourth-order valence-electron chi connectivity index (χ4n) is 3.06. The molecule has 1 aliphatic heterocycles. The van der Waals surface area contributed by atoms with Crippen LogP contribution in [0.3, 0.4) is 0 Å². The number of carbonyl (C=O) groups is 2. The molecule has 2 amide bonds. The molecule has 1 aromatic carbocycles. The third kappa shape index (κ3) is 5.97. The van der Waals surface area contributed by atoms with Gasteiger partial charge in [0.25, 0.3) is 31.9 Å². The smallest absolute Gasteiger partial charge is 0.291 e. The zero-order valence-corrected chi connectivity index (χ0v) is 20.7. The number of pyridine rings is 1. The van der Waals surface area contributed by atoms with E-state index in [2.05, 4.69) is 25.1 Å². The molecule has 3 aromatic rings. The summed E-state index contributed by atoms with van der Waals surface area (Å²) in [6.07, 6.45) is 3.20. The lowest BCUT2D eigenvalue weighted by atomic mass is 10.2. The number of sulfonamides is 2. The third-order valence-electron chi connectivity index (χ3n) is 4.81. The summed E-state index contributed by atoms with van der Waals surface area (Å²) >= 11 is 0. The van der Waals surface area contributed by atoms with Gasteiger partial charge in [0, 0.05) is 12.4 Å². The lowest BCUT2D eigenvalue weighted by Gasteiger charge is -2.34. The largest absolute Gasteiger partial charge is 0.466 e. The second kappa shape index (κ2) is 10.4. The molecule has 0 radical (unpaired) electrons. The van der Waals surface area contributed by atoms with Crippen LogP contribution in [0.15, 0.2) is 71.0 Å². The second-order valence-corrected chi connectivity index (χ2v) is 10.7. The Morgan fingerprint density at radius 3 is 2.54 bits per heavy atom. The molecule has 15 nitrogen and oxygen atoms in total. The third-order valence-corrected chi connectivity index (χ3v) is 7.28. The van der Waals surface area contributed by atoms with Gasteiger partial charge in [0.1, 0.15) is 6.17 Å². The van der Waals surface area contributed by atoms with Crippen LogP contribution in [-0.4, -0.2) is 61.4 Å².